The summed E-state index contributed by atoms with van der Waals surface area (Å²) in [7, 11) is 0. The molecule has 0 aliphatic heterocycles. The van der Waals surface area contributed by atoms with Gasteiger partial charge in [-0.05, 0) is 35.5 Å². The van der Waals surface area contributed by atoms with Crippen LogP contribution in [-0.4, -0.2) is 39.2 Å². The van der Waals surface area contributed by atoms with E-state index in [0.717, 1.165) is 29.1 Å². The van der Waals surface area contributed by atoms with Crippen molar-refractivity contribution in [2.24, 2.45) is 0 Å². The van der Waals surface area contributed by atoms with Gasteiger partial charge in [-0.15, -0.1) is 0 Å². The van der Waals surface area contributed by atoms with Crippen LogP contribution in [0.1, 0.15) is 26.1 Å². The molecule has 1 heterocycles. The summed E-state index contributed by atoms with van der Waals surface area (Å²) in [6.07, 6.45) is 3.85. The maximum atomic E-state index is 10.1. The van der Waals surface area contributed by atoms with Gasteiger partial charge in [-0.1, -0.05) is 6.92 Å². The molecule has 0 aromatic carbocycles. The Bertz CT molecular complexity index is 388. The molecular formula is C12H20BrN3OS. The number of hydrogen-bond acceptors (Lipinski definition) is 5. The number of hydrogen-bond donors (Lipinski definition) is 2. The number of aliphatic hydroxyl groups is 1. The fraction of sp³-hybridized carbons (Fsp3) is 0.667. The summed E-state index contributed by atoms with van der Waals surface area (Å²) < 4.78 is 0.771. The third-order valence-corrected chi connectivity index (χ3v) is 3.64. The van der Waals surface area contributed by atoms with E-state index in [1.54, 1.807) is 11.8 Å². The number of thioether (sulfide) groups is 1. The number of halogens is 1. The minimum Gasteiger partial charge on any atom is -0.387 e. The van der Waals surface area contributed by atoms with E-state index in [1.807, 2.05) is 19.2 Å². The van der Waals surface area contributed by atoms with Crippen molar-refractivity contribution in [3.05, 3.63) is 16.5 Å². The summed E-state index contributed by atoms with van der Waals surface area (Å²) in [6, 6.07) is 1.83. The molecule has 0 aliphatic rings. The van der Waals surface area contributed by atoms with E-state index in [9.17, 15) is 5.11 Å². The minimum atomic E-state index is -0.734. The fourth-order valence-corrected chi connectivity index (χ4v) is 2.68. The molecule has 18 heavy (non-hydrogen) atoms. The average Bonchev–Trinajstić information content (AvgIpc) is 2.26. The number of aryl methyl sites for hydroxylation is 1. The van der Waals surface area contributed by atoms with Crippen LogP contribution in [0.3, 0.4) is 0 Å². The van der Waals surface area contributed by atoms with Gasteiger partial charge in [0.25, 0.3) is 0 Å². The first-order valence-electron chi connectivity index (χ1n) is 5.95. The number of aromatic nitrogens is 2. The predicted molar refractivity (Wildman–Crippen MR) is 81.2 cm³/mol. The highest BCUT2D eigenvalue weighted by Gasteiger charge is 2.19. The second-order valence-corrected chi connectivity index (χ2v) is 6.20. The van der Waals surface area contributed by atoms with Crippen LogP contribution in [0.25, 0.3) is 0 Å². The van der Waals surface area contributed by atoms with Crippen LogP contribution in [0.5, 0.6) is 0 Å². The molecule has 6 heteroatoms. The van der Waals surface area contributed by atoms with Crippen molar-refractivity contribution in [2.45, 2.75) is 32.3 Å². The zero-order valence-electron chi connectivity index (χ0n) is 11.0. The molecule has 4 nitrogen and oxygen atoms in total. The first-order chi connectivity index (χ1) is 8.46. The summed E-state index contributed by atoms with van der Waals surface area (Å²) in [5.74, 6) is 2.26. The highest BCUT2D eigenvalue weighted by molar-refractivity contribution is 9.10. The summed E-state index contributed by atoms with van der Waals surface area (Å²) in [5.41, 5.74) is -0.734. The van der Waals surface area contributed by atoms with Crippen molar-refractivity contribution in [1.82, 2.24) is 9.97 Å². The quantitative estimate of drug-likeness (QED) is 0.751. The standard InChI is InChI=1S/C12H20BrN3OS/c1-4-5-10-15-9(13)6-11(16-10)14-7-12(2,17)8-18-3/h6,17H,4-5,7-8H2,1-3H3,(H,14,15,16). The van der Waals surface area contributed by atoms with Crippen LogP contribution in [-0.2, 0) is 6.42 Å². The number of rotatable bonds is 7. The molecule has 0 fully saturated rings. The van der Waals surface area contributed by atoms with Gasteiger partial charge >= 0.3 is 0 Å². The van der Waals surface area contributed by atoms with Crippen LogP contribution in [0.15, 0.2) is 10.7 Å². The van der Waals surface area contributed by atoms with Gasteiger partial charge in [-0.2, -0.15) is 11.8 Å². The Kier molecular flexibility index (Phi) is 6.38. The zero-order valence-corrected chi connectivity index (χ0v) is 13.4. The molecule has 0 bridgehead atoms. The van der Waals surface area contributed by atoms with E-state index in [2.05, 4.69) is 38.1 Å². The van der Waals surface area contributed by atoms with E-state index in [-0.39, 0.29) is 0 Å². The van der Waals surface area contributed by atoms with Crippen LogP contribution >= 0.6 is 27.7 Å². The van der Waals surface area contributed by atoms with Crippen molar-refractivity contribution < 1.29 is 5.11 Å². The Hall–Kier alpha value is -0.330. The number of anilines is 1. The topological polar surface area (TPSA) is 58.0 Å². The lowest BCUT2D eigenvalue weighted by Gasteiger charge is -2.22. The molecule has 1 aromatic rings. The first kappa shape index (κ1) is 15.7. The van der Waals surface area contributed by atoms with E-state index < -0.39 is 5.60 Å². The van der Waals surface area contributed by atoms with Crippen molar-refractivity contribution in [3.63, 3.8) is 0 Å². The lowest BCUT2D eigenvalue weighted by molar-refractivity contribution is 0.0996. The van der Waals surface area contributed by atoms with E-state index in [1.165, 1.54) is 0 Å². The molecule has 1 atom stereocenters. The van der Waals surface area contributed by atoms with Gasteiger partial charge in [0.15, 0.2) is 0 Å². The van der Waals surface area contributed by atoms with Gasteiger partial charge in [0.2, 0.25) is 0 Å². The monoisotopic (exact) mass is 333 g/mol. The van der Waals surface area contributed by atoms with Gasteiger partial charge in [0.1, 0.15) is 16.2 Å². The Morgan fingerprint density at radius 2 is 2.22 bits per heavy atom. The Labute approximate surface area is 121 Å². The lowest BCUT2D eigenvalue weighted by atomic mass is 10.1. The van der Waals surface area contributed by atoms with E-state index in [4.69, 9.17) is 0 Å². The van der Waals surface area contributed by atoms with Gasteiger partial charge < -0.3 is 10.4 Å². The fourth-order valence-electron chi connectivity index (χ4n) is 1.53. The molecule has 1 rings (SSSR count). The minimum absolute atomic E-state index is 0.475. The molecule has 102 valence electrons. The number of nitrogens with zero attached hydrogens (tertiary/aromatic N) is 2. The molecule has 1 aromatic heterocycles. The SMILES string of the molecule is CCCc1nc(Br)cc(NCC(C)(O)CSC)n1. The third kappa shape index (κ3) is 5.54. The highest BCUT2D eigenvalue weighted by atomic mass is 79.9. The third-order valence-electron chi connectivity index (χ3n) is 2.32. The molecule has 1 unspecified atom stereocenters. The van der Waals surface area contributed by atoms with Crippen molar-refractivity contribution in [3.8, 4) is 0 Å². The zero-order chi connectivity index (χ0) is 13.6. The summed E-state index contributed by atoms with van der Waals surface area (Å²) in [6.45, 7) is 4.39. The second kappa shape index (κ2) is 7.31. The maximum Gasteiger partial charge on any atom is 0.132 e. The second-order valence-electron chi connectivity index (χ2n) is 4.53. The van der Waals surface area contributed by atoms with Crippen molar-refractivity contribution >= 4 is 33.5 Å². The summed E-state index contributed by atoms with van der Waals surface area (Å²) in [5, 5.41) is 13.2. The van der Waals surface area contributed by atoms with Crippen LogP contribution < -0.4 is 5.32 Å². The molecular weight excluding hydrogens is 314 g/mol. The molecule has 0 spiro atoms. The normalized spacial score (nSPS) is 14.3. The van der Waals surface area contributed by atoms with Gasteiger partial charge in [-0.3, -0.25) is 0 Å². The van der Waals surface area contributed by atoms with Crippen molar-refractivity contribution in [1.29, 1.82) is 0 Å². The molecule has 2 N–H and O–H groups in total. The van der Waals surface area contributed by atoms with Crippen LogP contribution in [0, 0.1) is 0 Å². The van der Waals surface area contributed by atoms with Crippen LogP contribution in [0.2, 0.25) is 0 Å². The molecule has 0 aliphatic carbocycles. The average molecular weight is 334 g/mol. The largest absolute Gasteiger partial charge is 0.387 e. The van der Waals surface area contributed by atoms with E-state index >= 15 is 0 Å². The van der Waals surface area contributed by atoms with Gasteiger partial charge in [0.05, 0.1) is 5.60 Å². The van der Waals surface area contributed by atoms with Gasteiger partial charge in [0, 0.05) is 24.8 Å². The lowest BCUT2D eigenvalue weighted by Crippen LogP contribution is -2.36. The molecule has 0 radical (unpaired) electrons. The molecule has 0 saturated carbocycles. The molecule has 0 amide bonds. The molecule has 0 saturated heterocycles. The Balaban J connectivity index is 2.66. The smallest absolute Gasteiger partial charge is 0.132 e. The Morgan fingerprint density at radius 3 is 2.83 bits per heavy atom. The van der Waals surface area contributed by atoms with Crippen LogP contribution in [0.4, 0.5) is 5.82 Å². The maximum absolute atomic E-state index is 10.1. The van der Waals surface area contributed by atoms with Gasteiger partial charge in [-0.25, -0.2) is 9.97 Å². The Morgan fingerprint density at radius 1 is 1.50 bits per heavy atom. The highest BCUT2D eigenvalue weighted by Crippen LogP contribution is 2.16. The summed E-state index contributed by atoms with van der Waals surface area (Å²) >= 11 is 5.00. The predicted octanol–water partition coefficient (Wildman–Crippen LogP) is 2.72. The first-order valence-corrected chi connectivity index (χ1v) is 8.14. The van der Waals surface area contributed by atoms with E-state index in [0.29, 0.717) is 12.3 Å². The number of nitrogens with one attached hydrogen (secondary N) is 1. The van der Waals surface area contributed by atoms with Crippen molar-refractivity contribution in [2.75, 3.05) is 23.9 Å². The summed E-state index contributed by atoms with van der Waals surface area (Å²) in [4.78, 5) is 8.72.